The summed E-state index contributed by atoms with van der Waals surface area (Å²) < 4.78 is 6.13. The van der Waals surface area contributed by atoms with Gasteiger partial charge in [0.2, 0.25) is 0 Å². The van der Waals surface area contributed by atoms with Gasteiger partial charge in [0.25, 0.3) is 0 Å². The normalized spacial score (nSPS) is 13.0. The first-order chi connectivity index (χ1) is 11.0. The van der Waals surface area contributed by atoms with E-state index in [0.717, 1.165) is 12.2 Å². The van der Waals surface area contributed by atoms with Crippen LogP contribution in [0.25, 0.3) is 0 Å². The Kier molecular flexibility index (Phi) is 10.0. The van der Waals surface area contributed by atoms with Crippen LogP contribution in [0.5, 0.6) is 5.75 Å². The predicted molar refractivity (Wildman–Crippen MR) is 101 cm³/mol. The SMILES string of the molecule is CCCCCCCCCCCC(Oc1ccccc1)C(C)(C)N. The summed E-state index contributed by atoms with van der Waals surface area (Å²) in [6, 6.07) is 10.0. The minimum absolute atomic E-state index is 0.0782. The molecule has 2 heteroatoms. The maximum Gasteiger partial charge on any atom is 0.119 e. The summed E-state index contributed by atoms with van der Waals surface area (Å²) in [5, 5.41) is 0. The van der Waals surface area contributed by atoms with E-state index in [1.807, 2.05) is 30.3 Å². The van der Waals surface area contributed by atoms with Crippen LogP contribution in [0.1, 0.15) is 85.0 Å². The van der Waals surface area contributed by atoms with Crippen LogP contribution in [0.15, 0.2) is 30.3 Å². The van der Waals surface area contributed by atoms with Crippen molar-refractivity contribution in [3.8, 4) is 5.75 Å². The van der Waals surface area contributed by atoms with Crippen molar-refractivity contribution in [2.75, 3.05) is 0 Å². The first kappa shape index (κ1) is 20.0. The Labute approximate surface area is 143 Å². The summed E-state index contributed by atoms with van der Waals surface area (Å²) in [5.41, 5.74) is 6.00. The van der Waals surface area contributed by atoms with Gasteiger partial charge in [-0.05, 0) is 38.8 Å². The maximum absolute atomic E-state index is 6.31. The summed E-state index contributed by atoms with van der Waals surface area (Å²) in [4.78, 5) is 0. The van der Waals surface area contributed by atoms with E-state index < -0.39 is 0 Å². The smallest absolute Gasteiger partial charge is 0.119 e. The number of nitrogens with two attached hydrogens (primary N) is 1. The van der Waals surface area contributed by atoms with Gasteiger partial charge in [0.05, 0.1) is 0 Å². The largest absolute Gasteiger partial charge is 0.489 e. The number of ether oxygens (including phenoxy) is 1. The quantitative estimate of drug-likeness (QED) is 0.446. The minimum atomic E-state index is -0.310. The van der Waals surface area contributed by atoms with Crippen LogP contribution in [0.4, 0.5) is 0 Å². The summed E-state index contributed by atoms with van der Waals surface area (Å²) in [5.74, 6) is 0.923. The van der Waals surface area contributed by atoms with Crippen LogP contribution in [0.2, 0.25) is 0 Å². The molecule has 0 fully saturated rings. The highest BCUT2D eigenvalue weighted by molar-refractivity contribution is 5.21. The first-order valence-electron chi connectivity index (χ1n) is 9.54. The molecular weight excluding hydrogens is 282 g/mol. The minimum Gasteiger partial charge on any atom is -0.489 e. The summed E-state index contributed by atoms with van der Waals surface area (Å²) in [6.45, 7) is 6.40. The molecule has 0 aromatic heterocycles. The lowest BCUT2D eigenvalue weighted by Crippen LogP contribution is -2.48. The molecule has 0 aliphatic rings. The van der Waals surface area contributed by atoms with Crippen LogP contribution in [0.3, 0.4) is 0 Å². The standard InChI is InChI=1S/C21H37NO/c1-4-5-6-7-8-9-10-11-15-18-20(21(2,3)22)23-19-16-13-12-14-17-19/h12-14,16-17,20H,4-11,15,18,22H2,1-3H3. The van der Waals surface area contributed by atoms with Gasteiger partial charge in [-0.25, -0.2) is 0 Å². The van der Waals surface area contributed by atoms with Gasteiger partial charge in [-0.1, -0.05) is 76.5 Å². The third kappa shape index (κ3) is 9.65. The Hall–Kier alpha value is -1.02. The van der Waals surface area contributed by atoms with E-state index in [1.165, 1.54) is 57.8 Å². The molecule has 0 bridgehead atoms. The Bertz CT molecular complexity index is 383. The van der Waals surface area contributed by atoms with Crippen LogP contribution in [-0.2, 0) is 0 Å². The molecule has 1 aromatic carbocycles. The number of para-hydroxylation sites is 1. The van der Waals surface area contributed by atoms with Crippen molar-refractivity contribution in [3.05, 3.63) is 30.3 Å². The highest BCUT2D eigenvalue weighted by Crippen LogP contribution is 2.21. The van der Waals surface area contributed by atoms with Gasteiger partial charge in [0, 0.05) is 5.54 Å². The van der Waals surface area contributed by atoms with Crippen molar-refractivity contribution in [1.82, 2.24) is 0 Å². The second-order valence-electron chi connectivity index (χ2n) is 7.36. The van der Waals surface area contributed by atoms with Gasteiger partial charge in [-0.15, -0.1) is 0 Å². The van der Waals surface area contributed by atoms with E-state index in [1.54, 1.807) is 0 Å². The van der Waals surface area contributed by atoms with Crippen molar-refractivity contribution >= 4 is 0 Å². The van der Waals surface area contributed by atoms with E-state index in [-0.39, 0.29) is 11.6 Å². The van der Waals surface area contributed by atoms with E-state index in [0.29, 0.717) is 0 Å². The monoisotopic (exact) mass is 319 g/mol. The summed E-state index contributed by atoms with van der Waals surface area (Å²) in [7, 11) is 0. The van der Waals surface area contributed by atoms with Crippen molar-refractivity contribution in [2.45, 2.75) is 96.6 Å². The highest BCUT2D eigenvalue weighted by atomic mass is 16.5. The fraction of sp³-hybridized carbons (Fsp3) is 0.714. The molecule has 0 spiro atoms. The van der Waals surface area contributed by atoms with E-state index in [9.17, 15) is 0 Å². The molecule has 0 saturated heterocycles. The van der Waals surface area contributed by atoms with E-state index in [2.05, 4.69) is 20.8 Å². The molecule has 0 radical (unpaired) electrons. The molecular formula is C21H37NO. The fourth-order valence-electron chi connectivity index (χ4n) is 2.89. The Balaban J connectivity index is 2.20. The summed E-state index contributed by atoms with van der Waals surface area (Å²) >= 11 is 0. The number of unbranched alkanes of at least 4 members (excludes halogenated alkanes) is 8. The number of benzene rings is 1. The molecule has 1 rings (SSSR count). The molecule has 1 unspecified atom stereocenters. The molecule has 2 nitrogen and oxygen atoms in total. The zero-order valence-electron chi connectivity index (χ0n) is 15.5. The average molecular weight is 320 g/mol. The molecule has 0 amide bonds. The van der Waals surface area contributed by atoms with Gasteiger partial charge in [-0.3, -0.25) is 0 Å². The topological polar surface area (TPSA) is 35.2 Å². The fourth-order valence-corrected chi connectivity index (χ4v) is 2.89. The zero-order valence-corrected chi connectivity index (χ0v) is 15.5. The molecule has 1 atom stereocenters. The van der Waals surface area contributed by atoms with Crippen molar-refractivity contribution < 1.29 is 4.74 Å². The molecule has 132 valence electrons. The second kappa shape index (κ2) is 11.5. The van der Waals surface area contributed by atoms with Gasteiger partial charge >= 0.3 is 0 Å². The summed E-state index contributed by atoms with van der Waals surface area (Å²) in [6.07, 6.45) is 13.3. The zero-order chi connectivity index (χ0) is 17.0. The van der Waals surface area contributed by atoms with Gasteiger partial charge in [0.1, 0.15) is 11.9 Å². The van der Waals surface area contributed by atoms with E-state index in [4.69, 9.17) is 10.5 Å². The lowest BCUT2D eigenvalue weighted by Gasteiger charge is -2.31. The third-order valence-corrected chi connectivity index (χ3v) is 4.42. The highest BCUT2D eigenvalue weighted by Gasteiger charge is 2.26. The van der Waals surface area contributed by atoms with Crippen LogP contribution >= 0.6 is 0 Å². The average Bonchev–Trinajstić information content (AvgIpc) is 2.52. The molecule has 0 aliphatic heterocycles. The predicted octanol–water partition coefficient (Wildman–Crippen LogP) is 6.09. The van der Waals surface area contributed by atoms with Crippen molar-refractivity contribution in [2.24, 2.45) is 5.73 Å². The molecule has 0 saturated carbocycles. The van der Waals surface area contributed by atoms with Crippen LogP contribution < -0.4 is 10.5 Å². The van der Waals surface area contributed by atoms with Crippen LogP contribution in [0, 0.1) is 0 Å². The van der Waals surface area contributed by atoms with Gasteiger partial charge < -0.3 is 10.5 Å². The van der Waals surface area contributed by atoms with Crippen molar-refractivity contribution in [3.63, 3.8) is 0 Å². The number of hydrogen-bond donors (Lipinski definition) is 1. The molecule has 0 aliphatic carbocycles. The lowest BCUT2D eigenvalue weighted by atomic mass is 9.93. The maximum atomic E-state index is 6.31. The Morgan fingerprint density at radius 3 is 1.91 bits per heavy atom. The molecule has 1 aromatic rings. The van der Waals surface area contributed by atoms with Gasteiger partial charge in [0.15, 0.2) is 0 Å². The first-order valence-corrected chi connectivity index (χ1v) is 9.54. The van der Waals surface area contributed by atoms with Gasteiger partial charge in [-0.2, -0.15) is 0 Å². The Morgan fingerprint density at radius 1 is 0.870 bits per heavy atom. The number of rotatable bonds is 13. The molecule has 23 heavy (non-hydrogen) atoms. The molecule has 0 heterocycles. The second-order valence-corrected chi connectivity index (χ2v) is 7.36. The lowest BCUT2D eigenvalue weighted by molar-refractivity contribution is 0.117. The third-order valence-electron chi connectivity index (χ3n) is 4.42. The van der Waals surface area contributed by atoms with Crippen molar-refractivity contribution in [1.29, 1.82) is 0 Å². The van der Waals surface area contributed by atoms with Crippen LogP contribution in [-0.4, -0.2) is 11.6 Å². The number of hydrogen-bond acceptors (Lipinski definition) is 2. The Morgan fingerprint density at radius 2 is 1.39 bits per heavy atom. The molecule has 2 N–H and O–H groups in total. The van der Waals surface area contributed by atoms with E-state index >= 15 is 0 Å².